The second kappa shape index (κ2) is 8.99. The van der Waals surface area contributed by atoms with Crippen molar-refractivity contribution in [3.05, 3.63) is 69.8 Å². The lowest BCUT2D eigenvalue weighted by Gasteiger charge is -2.19. The first-order valence-electron chi connectivity index (χ1n) is 8.66. The number of nitrogens with zero attached hydrogens (tertiary/aromatic N) is 1. The Morgan fingerprint density at radius 1 is 1.23 bits per heavy atom. The summed E-state index contributed by atoms with van der Waals surface area (Å²) < 4.78 is 5.63. The van der Waals surface area contributed by atoms with Crippen molar-refractivity contribution in [2.75, 3.05) is 6.54 Å². The van der Waals surface area contributed by atoms with Gasteiger partial charge in [-0.05, 0) is 38.0 Å². The molecular weight excluding hydrogens is 332 g/mol. The van der Waals surface area contributed by atoms with Gasteiger partial charge in [0.1, 0.15) is 5.75 Å². The third kappa shape index (κ3) is 5.05. The van der Waals surface area contributed by atoms with Crippen LogP contribution in [0, 0.1) is 17.0 Å². The number of carbonyl (C=O) groups is 1. The molecule has 0 aromatic heterocycles. The number of nitro benzene ring substituents is 1. The zero-order chi connectivity index (χ0) is 19.1. The molecule has 2 rings (SSSR count). The molecule has 138 valence electrons. The van der Waals surface area contributed by atoms with Crippen LogP contribution in [0.5, 0.6) is 5.75 Å². The fraction of sp³-hybridized carbons (Fsp3) is 0.350. The van der Waals surface area contributed by atoms with Crippen molar-refractivity contribution in [2.24, 2.45) is 0 Å². The molecule has 0 spiro atoms. The van der Waals surface area contributed by atoms with Gasteiger partial charge in [-0.2, -0.15) is 0 Å². The van der Waals surface area contributed by atoms with Crippen LogP contribution in [0.3, 0.4) is 0 Å². The Bertz CT molecular complexity index is 762. The number of benzene rings is 2. The highest BCUT2D eigenvalue weighted by molar-refractivity contribution is 5.80. The maximum Gasteiger partial charge on any atom is 0.272 e. The number of hydrogen-bond donors (Lipinski definition) is 1. The van der Waals surface area contributed by atoms with Crippen LogP contribution >= 0.6 is 0 Å². The summed E-state index contributed by atoms with van der Waals surface area (Å²) in [5, 5.41) is 13.8. The standard InChI is InChI=1S/C20H24N2O4/c1-4-16(17-8-6-5-7-9-17)13-21-20(23)15(3)26-18-10-11-19(22(24)25)14(2)12-18/h5-12,15-16H,4,13H2,1-3H3,(H,21,23)/t15-,16+/m1/s1. The van der Waals surface area contributed by atoms with Gasteiger partial charge < -0.3 is 10.1 Å². The first-order valence-corrected chi connectivity index (χ1v) is 8.66. The molecule has 0 unspecified atom stereocenters. The predicted octanol–water partition coefficient (Wildman–Crippen LogP) is 3.98. The van der Waals surface area contributed by atoms with Crippen LogP contribution < -0.4 is 10.1 Å². The molecule has 1 N–H and O–H groups in total. The average molecular weight is 356 g/mol. The second-order valence-electron chi connectivity index (χ2n) is 6.23. The third-order valence-electron chi connectivity index (χ3n) is 4.33. The molecular formula is C20H24N2O4. The number of ether oxygens (including phenoxy) is 1. The normalized spacial score (nSPS) is 12.9. The van der Waals surface area contributed by atoms with Crippen molar-refractivity contribution < 1.29 is 14.5 Å². The van der Waals surface area contributed by atoms with Crippen molar-refractivity contribution in [1.82, 2.24) is 5.32 Å². The summed E-state index contributed by atoms with van der Waals surface area (Å²) in [5.41, 5.74) is 1.72. The van der Waals surface area contributed by atoms with E-state index in [0.29, 0.717) is 17.9 Å². The van der Waals surface area contributed by atoms with Gasteiger partial charge in [-0.3, -0.25) is 14.9 Å². The predicted molar refractivity (Wildman–Crippen MR) is 100 cm³/mol. The molecule has 2 aromatic carbocycles. The van der Waals surface area contributed by atoms with Gasteiger partial charge in [-0.1, -0.05) is 37.3 Å². The van der Waals surface area contributed by atoms with E-state index in [2.05, 4.69) is 24.4 Å². The molecule has 6 heteroatoms. The second-order valence-corrected chi connectivity index (χ2v) is 6.23. The molecule has 2 atom stereocenters. The van der Waals surface area contributed by atoms with E-state index in [0.717, 1.165) is 6.42 Å². The quantitative estimate of drug-likeness (QED) is 0.573. The van der Waals surface area contributed by atoms with Crippen molar-refractivity contribution in [3.8, 4) is 5.75 Å². The molecule has 6 nitrogen and oxygen atoms in total. The highest BCUT2D eigenvalue weighted by atomic mass is 16.6. The maximum absolute atomic E-state index is 12.3. The monoisotopic (exact) mass is 356 g/mol. The Balaban J connectivity index is 1.93. The van der Waals surface area contributed by atoms with Crippen molar-refractivity contribution in [1.29, 1.82) is 0 Å². The number of aryl methyl sites for hydroxylation is 1. The van der Waals surface area contributed by atoms with Crippen LogP contribution in [0.2, 0.25) is 0 Å². The summed E-state index contributed by atoms with van der Waals surface area (Å²) in [6.07, 6.45) is 0.227. The van der Waals surface area contributed by atoms with E-state index in [9.17, 15) is 14.9 Å². The van der Waals surface area contributed by atoms with Gasteiger partial charge >= 0.3 is 0 Å². The molecule has 1 amide bonds. The number of nitro groups is 1. The molecule has 0 saturated carbocycles. The SMILES string of the molecule is CC[C@@H](CNC(=O)[C@@H](C)Oc1ccc([N+](=O)[O-])c(C)c1)c1ccccc1. The van der Waals surface area contributed by atoms with Crippen LogP contribution in [0.4, 0.5) is 5.69 Å². The number of hydrogen-bond acceptors (Lipinski definition) is 4. The molecule has 0 heterocycles. The Labute approximate surface area is 153 Å². The third-order valence-corrected chi connectivity index (χ3v) is 4.33. The summed E-state index contributed by atoms with van der Waals surface area (Å²) in [7, 11) is 0. The van der Waals surface area contributed by atoms with Gasteiger partial charge in [0.05, 0.1) is 4.92 Å². The summed E-state index contributed by atoms with van der Waals surface area (Å²) in [6.45, 7) is 5.92. The smallest absolute Gasteiger partial charge is 0.272 e. The van der Waals surface area contributed by atoms with E-state index in [-0.39, 0.29) is 17.5 Å². The van der Waals surface area contributed by atoms with Gasteiger partial charge in [-0.15, -0.1) is 0 Å². The average Bonchev–Trinajstić information content (AvgIpc) is 2.62. The minimum absolute atomic E-state index is 0.0307. The number of carbonyl (C=O) groups excluding carboxylic acids is 1. The topological polar surface area (TPSA) is 81.5 Å². The zero-order valence-corrected chi connectivity index (χ0v) is 15.3. The minimum atomic E-state index is -0.691. The number of amides is 1. The summed E-state index contributed by atoms with van der Waals surface area (Å²) in [6, 6.07) is 14.5. The Kier molecular flexibility index (Phi) is 6.72. The fourth-order valence-electron chi connectivity index (χ4n) is 2.75. The fourth-order valence-corrected chi connectivity index (χ4v) is 2.75. The van der Waals surface area contributed by atoms with Gasteiger partial charge in [0, 0.05) is 24.1 Å². The highest BCUT2D eigenvalue weighted by Gasteiger charge is 2.18. The van der Waals surface area contributed by atoms with E-state index >= 15 is 0 Å². The molecule has 0 aliphatic carbocycles. The van der Waals surface area contributed by atoms with Gasteiger partial charge in [-0.25, -0.2) is 0 Å². The van der Waals surface area contributed by atoms with E-state index in [1.807, 2.05) is 18.2 Å². The largest absolute Gasteiger partial charge is 0.481 e. The molecule has 0 aliphatic rings. The van der Waals surface area contributed by atoms with Crippen LogP contribution in [0.1, 0.15) is 37.3 Å². The van der Waals surface area contributed by atoms with Crippen molar-refractivity contribution in [3.63, 3.8) is 0 Å². The summed E-state index contributed by atoms with van der Waals surface area (Å²) in [5.74, 6) is 0.468. The van der Waals surface area contributed by atoms with Gasteiger partial charge in [0.15, 0.2) is 6.10 Å². The van der Waals surface area contributed by atoms with Crippen LogP contribution in [0.25, 0.3) is 0 Å². The molecule has 0 saturated heterocycles. The van der Waals surface area contributed by atoms with Crippen LogP contribution in [-0.2, 0) is 4.79 Å². The molecule has 0 bridgehead atoms. The number of nitrogens with one attached hydrogen (secondary N) is 1. The minimum Gasteiger partial charge on any atom is -0.481 e. The lowest BCUT2D eigenvalue weighted by atomic mass is 9.96. The Hall–Kier alpha value is -2.89. The van der Waals surface area contributed by atoms with Gasteiger partial charge in [0.25, 0.3) is 11.6 Å². The lowest BCUT2D eigenvalue weighted by Crippen LogP contribution is -2.38. The Morgan fingerprint density at radius 3 is 2.50 bits per heavy atom. The van der Waals surface area contributed by atoms with Crippen molar-refractivity contribution >= 4 is 11.6 Å². The van der Waals surface area contributed by atoms with E-state index in [1.54, 1.807) is 19.9 Å². The van der Waals surface area contributed by atoms with Crippen LogP contribution in [-0.4, -0.2) is 23.5 Å². The van der Waals surface area contributed by atoms with Crippen LogP contribution in [0.15, 0.2) is 48.5 Å². The lowest BCUT2D eigenvalue weighted by molar-refractivity contribution is -0.385. The van der Waals surface area contributed by atoms with E-state index in [1.165, 1.54) is 17.7 Å². The number of rotatable bonds is 8. The zero-order valence-electron chi connectivity index (χ0n) is 15.3. The van der Waals surface area contributed by atoms with E-state index in [4.69, 9.17) is 4.74 Å². The molecule has 0 radical (unpaired) electrons. The Morgan fingerprint density at radius 2 is 1.92 bits per heavy atom. The summed E-state index contributed by atoms with van der Waals surface area (Å²) in [4.78, 5) is 22.7. The molecule has 2 aromatic rings. The van der Waals surface area contributed by atoms with E-state index < -0.39 is 11.0 Å². The summed E-state index contributed by atoms with van der Waals surface area (Å²) >= 11 is 0. The molecule has 0 fully saturated rings. The molecule has 0 aliphatic heterocycles. The van der Waals surface area contributed by atoms with Crippen molar-refractivity contribution in [2.45, 2.75) is 39.2 Å². The first kappa shape index (κ1) is 19.4. The highest BCUT2D eigenvalue weighted by Crippen LogP contribution is 2.24. The first-order chi connectivity index (χ1) is 12.4. The maximum atomic E-state index is 12.3. The molecule has 26 heavy (non-hydrogen) atoms. The van der Waals surface area contributed by atoms with Gasteiger partial charge in [0.2, 0.25) is 0 Å².